The summed E-state index contributed by atoms with van der Waals surface area (Å²) < 4.78 is 0. The Labute approximate surface area is 114 Å². The number of carbonyl (C=O) groups is 4. The van der Waals surface area contributed by atoms with Crippen molar-refractivity contribution in [1.82, 2.24) is 0 Å². The van der Waals surface area contributed by atoms with Gasteiger partial charge in [0.15, 0.2) is 11.8 Å². The zero-order valence-corrected chi connectivity index (χ0v) is 10.6. The first-order valence-corrected chi connectivity index (χ1v) is 6.18. The second kappa shape index (κ2) is 6.36. The maximum Gasteiger partial charge on any atom is 0.318 e. The van der Waals surface area contributed by atoms with Crippen molar-refractivity contribution >= 4 is 23.9 Å². The van der Waals surface area contributed by atoms with E-state index in [-0.39, 0.29) is 12.8 Å². The Kier molecular flexibility index (Phi) is 5.06. The van der Waals surface area contributed by atoms with Gasteiger partial charge < -0.3 is 20.4 Å². The van der Waals surface area contributed by atoms with Gasteiger partial charge in [-0.15, -0.1) is 0 Å². The van der Waals surface area contributed by atoms with Crippen molar-refractivity contribution in [3.63, 3.8) is 0 Å². The van der Waals surface area contributed by atoms with E-state index in [0.717, 1.165) is 0 Å². The van der Waals surface area contributed by atoms with Gasteiger partial charge in [0.2, 0.25) is 0 Å². The zero-order valence-electron chi connectivity index (χ0n) is 10.6. The van der Waals surface area contributed by atoms with Crippen LogP contribution in [-0.2, 0) is 19.2 Å². The highest BCUT2D eigenvalue weighted by molar-refractivity contribution is 5.95. The summed E-state index contributed by atoms with van der Waals surface area (Å²) in [5.74, 6) is -11.8. The fourth-order valence-electron chi connectivity index (χ4n) is 2.96. The highest BCUT2D eigenvalue weighted by atomic mass is 16.4. The minimum absolute atomic E-state index is 0.199. The van der Waals surface area contributed by atoms with Gasteiger partial charge in [-0.05, 0) is 24.7 Å². The maximum absolute atomic E-state index is 11.1. The van der Waals surface area contributed by atoms with Crippen LogP contribution in [0, 0.1) is 23.7 Å². The van der Waals surface area contributed by atoms with E-state index in [1.54, 1.807) is 0 Å². The Morgan fingerprint density at radius 2 is 0.900 bits per heavy atom. The minimum Gasteiger partial charge on any atom is -0.481 e. The fourth-order valence-corrected chi connectivity index (χ4v) is 2.96. The van der Waals surface area contributed by atoms with E-state index in [1.807, 2.05) is 0 Å². The first-order chi connectivity index (χ1) is 9.27. The highest BCUT2D eigenvalue weighted by Gasteiger charge is 2.47. The SMILES string of the molecule is O=C(O)C(C(=O)O)C1CCCCC1C(C(=O)O)C(=O)O. The predicted molar refractivity (Wildman–Crippen MR) is 63.0 cm³/mol. The number of hydrogen-bond acceptors (Lipinski definition) is 4. The Hall–Kier alpha value is -2.12. The molecule has 8 heteroatoms. The van der Waals surface area contributed by atoms with Crippen LogP contribution in [0.15, 0.2) is 0 Å². The summed E-state index contributed by atoms with van der Waals surface area (Å²) in [7, 11) is 0. The van der Waals surface area contributed by atoms with Crippen LogP contribution >= 0.6 is 0 Å². The van der Waals surface area contributed by atoms with E-state index in [2.05, 4.69) is 0 Å². The predicted octanol–water partition coefficient (Wildman–Crippen LogP) is 0.364. The smallest absolute Gasteiger partial charge is 0.318 e. The lowest BCUT2D eigenvalue weighted by Crippen LogP contribution is -2.44. The first kappa shape index (κ1) is 15.9. The molecule has 1 aliphatic rings. The topological polar surface area (TPSA) is 149 Å². The fraction of sp³-hybridized carbons (Fsp3) is 0.667. The third-order valence-electron chi connectivity index (χ3n) is 3.80. The molecule has 0 heterocycles. The van der Waals surface area contributed by atoms with E-state index in [0.29, 0.717) is 12.8 Å². The summed E-state index contributed by atoms with van der Waals surface area (Å²) in [6.45, 7) is 0. The molecule has 0 aromatic carbocycles. The summed E-state index contributed by atoms with van der Waals surface area (Å²) in [6.07, 6.45) is 1.52. The van der Waals surface area contributed by atoms with Gasteiger partial charge in [-0.1, -0.05) is 12.8 Å². The number of carboxylic acids is 4. The molecule has 112 valence electrons. The largest absolute Gasteiger partial charge is 0.481 e. The molecular weight excluding hydrogens is 272 g/mol. The van der Waals surface area contributed by atoms with E-state index in [1.165, 1.54) is 0 Å². The van der Waals surface area contributed by atoms with Crippen molar-refractivity contribution in [1.29, 1.82) is 0 Å². The van der Waals surface area contributed by atoms with E-state index >= 15 is 0 Å². The highest BCUT2D eigenvalue weighted by Crippen LogP contribution is 2.40. The molecule has 1 fully saturated rings. The number of carboxylic acid groups (broad SMARTS) is 4. The molecule has 0 aromatic heterocycles. The van der Waals surface area contributed by atoms with Crippen LogP contribution in [0.4, 0.5) is 0 Å². The van der Waals surface area contributed by atoms with Gasteiger partial charge in [0.05, 0.1) is 0 Å². The van der Waals surface area contributed by atoms with Gasteiger partial charge in [0, 0.05) is 0 Å². The van der Waals surface area contributed by atoms with Gasteiger partial charge in [-0.2, -0.15) is 0 Å². The molecule has 0 aromatic rings. The van der Waals surface area contributed by atoms with Crippen LogP contribution in [-0.4, -0.2) is 44.3 Å². The molecule has 2 atom stereocenters. The molecular formula is C12H16O8. The third kappa shape index (κ3) is 3.25. The molecule has 8 nitrogen and oxygen atoms in total. The van der Waals surface area contributed by atoms with Gasteiger partial charge in [-0.3, -0.25) is 19.2 Å². The van der Waals surface area contributed by atoms with E-state index < -0.39 is 47.5 Å². The molecule has 0 bridgehead atoms. The average molecular weight is 288 g/mol. The Balaban J connectivity index is 3.13. The standard InChI is InChI=1S/C12H16O8/c13-9(14)7(10(15)16)5-3-1-2-4-6(5)8(11(17)18)12(19)20/h5-8H,1-4H2,(H,13,14)(H,15,16)(H,17,18)(H,19,20). The molecule has 1 rings (SSSR count). The van der Waals surface area contributed by atoms with Crippen molar-refractivity contribution in [3.05, 3.63) is 0 Å². The summed E-state index contributed by atoms with van der Waals surface area (Å²) in [5, 5.41) is 36.0. The Bertz CT molecular complexity index is 361. The second-order valence-corrected chi connectivity index (χ2v) is 4.92. The van der Waals surface area contributed by atoms with Gasteiger partial charge >= 0.3 is 23.9 Å². The van der Waals surface area contributed by atoms with Gasteiger partial charge in [-0.25, -0.2) is 0 Å². The summed E-state index contributed by atoms with van der Waals surface area (Å²) in [6, 6.07) is 0. The lowest BCUT2D eigenvalue weighted by molar-refractivity contribution is -0.167. The number of hydrogen-bond donors (Lipinski definition) is 4. The van der Waals surface area contributed by atoms with E-state index in [4.69, 9.17) is 20.4 Å². The van der Waals surface area contributed by atoms with Crippen LogP contribution < -0.4 is 0 Å². The molecule has 2 unspecified atom stereocenters. The molecule has 0 amide bonds. The quantitative estimate of drug-likeness (QED) is 0.512. The third-order valence-corrected chi connectivity index (χ3v) is 3.80. The monoisotopic (exact) mass is 288 g/mol. The lowest BCUT2D eigenvalue weighted by Gasteiger charge is -2.35. The number of aliphatic carboxylic acids is 4. The summed E-state index contributed by atoms with van der Waals surface area (Å²) in [4.78, 5) is 44.3. The molecule has 1 aliphatic carbocycles. The molecule has 0 radical (unpaired) electrons. The van der Waals surface area contributed by atoms with Crippen molar-refractivity contribution < 1.29 is 39.6 Å². The van der Waals surface area contributed by atoms with Crippen LogP contribution in [0.5, 0.6) is 0 Å². The maximum atomic E-state index is 11.1. The first-order valence-electron chi connectivity index (χ1n) is 6.18. The minimum atomic E-state index is -1.78. The second-order valence-electron chi connectivity index (χ2n) is 4.92. The van der Waals surface area contributed by atoms with Gasteiger partial charge in [0.1, 0.15) is 0 Å². The lowest BCUT2D eigenvalue weighted by atomic mass is 9.67. The summed E-state index contributed by atoms with van der Waals surface area (Å²) >= 11 is 0. The van der Waals surface area contributed by atoms with Crippen molar-refractivity contribution in [2.45, 2.75) is 25.7 Å². The van der Waals surface area contributed by atoms with Crippen LogP contribution in [0.3, 0.4) is 0 Å². The van der Waals surface area contributed by atoms with Gasteiger partial charge in [0.25, 0.3) is 0 Å². The summed E-state index contributed by atoms with van der Waals surface area (Å²) in [5.41, 5.74) is 0. The zero-order chi connectivity index (χ0) is 15.4. The van der Waals surface area contributed by atoms with Crippen LogP contribution in [0.1, 0.15) is 25.7 Å². The molecule has 0 aliphatic heterocycles. The molecule has 1 saturated carbocycles. The Morgan fingerprint density at radius 3 is 1.10 bits per heavy atom. The molecule has 4 N–H and O–H groups in total. The normalized spacial score (nSPS) is 22.7. The molecule has 0 saturated heterocycles. The van der Waals surface area contributed by atoms with Crippen LogP contribution in [0.25, 0.3) is 0 Å². The van der Waals surface area contributed by atoms with E-state index in [9.17, 15) is 19.2 Å². The average Bonchev–Trinajstić information content (AvgIpc) is 2.29. The molecule has 20 heavy (non-hydrogen) atoms. The number of rotatable bonds is 6. The molecule has 0 spiro atoms. The van der Waals surface area contributed by atoms with Crippen LogP contribution in [0.2, 0.25) is 0 Å². The van der Waals surface area contributed by atoms with Crippen molar-refractivity contribution in [3.8, 4) is 0 Å². The van der Waals surface area contributed by atoms with Crippen molar-refractivity contribution in [2.24, 2.45) is 23.7 Å². The van der Waals surface area contributed by atoms with Crippen molar-refractivity contribution in [2.75, 3.05) is 0 Å². The Morgan fingerprint density at radius 1 is 0.650 bits per heavy atom.